The van der Waals surface area contributed by atoms with Gasteiger partial charge in [0, 0.05) is 11.3 Å². The first-order chi connectivity index (χ1) is 19.3. The second-order valence-corrected chi connectivity index (χ2v) is 10.6. The number of carbonyl (C=O) groups excluding carboxylic acids is 4. The van der Waals surface area contributed by atoms with Gasteiger partial charge < -0.3 is 14.8 Å². The maximum Gasteiger partial charge on any atom is 0.349 e. The molecule has 2 atom stereocenters. The fourth-order valence-corrected chi connectivity index (χ4v) is 4.31. The van der Waals surface area contributed by atoms with Gasteiger partial charge in [0.2, 0.25) is 12.0 Å². The number of nitrogens with one attached hydrogen (secondary N) is 1. The normalized spacial score (nSPS) is 12.3. The highest BCUT2D eigenvalue weighted by Crippen LogP contribution is 2.16. The third-order valence-electron chi connectivity index (χ3n) is 6.42. The van der Waals surface area contributed by atoms with Crippen LogP contribution in [0.1, 0.15) is 105 Å². The van der Waals surface area contributed by atoms with E-state index in [1.165, 1.54) is 69.2 Å². The number of Topliss-reactive ketones (excluding diaryl/α,β-unsaturated/α-hetero) is 1. The zero-order chi connectivity index (χ0) is 29.2. The second kappa shape index (κ2) is 19.0. The smallest absolute Gasteiger partial charge is 0.349 e. The molecule has 40 heavy (non-hydrogen) atoms. The number of benzene rings is 2. The lowest BCUT2D eigenvalue weighted by Crippen LogP contribution is -2.35. The molecule has 0 saturated heterocycles. The third-order valence-corrected chi connectivity index (χ3v) is 6.65. The molecule has 2 aromatic carbocycles. The van der Waals surface area contributed by atoms with E-state index < -0.39 is 35.1 Å². The molecule has 1 amide bonds. The number of para-hydroxylation sites is 1. The Morgan fingerprint density at radius 1 is 0.800 bits per heavy atom. The summed E-state index contributed by atoms with van der Waals surface area (Å²) in [6.45, 7) is 4.00. The van der Waals surface area contributed by atoms with Crippen molar-refractivity contribution in [2.45, 2.75) is 96.0 Å². The van der Waals surface area contributed by atoms with E-state index in [1.807, 2.05) is 6.07 Å². The summed E-state index contributed by atoms with van der Waals surface area (Å²) in [5.74, 6) is -2.43. The van der Waals surface area contributed by atoms with Gasteiger partial charge in [0.05, 0.1) is 24.0 Å². The maximum atomic E-state index is 12.8. The molecule has 0 fully saturated rings. The molecule has 0 aromatic heterocycles. The van der Waals surface area contributed by atoms with Gasteiger partial charge in [-0.25, -0.2) is 9.59 Å². The SMILES string of the molecule is CCCCCCCCCCCCOC(=O)C(OC(=O)c1cccc(C(=O)CC(=O)Nc2ccccc2)c1)C(C)Cl. The fourth-order valence-electron chi connectivity index (χ4n) is 4.15. The number of ketones is 1. The molecule has 2 rings (SSSR count). The lowest BCUT2D eigenvalue weighted by Gasteiger charge is -2.19. The maximum absolute atomic E-state index is 12.8. The van der Waals surface area contributed by atoms with Crippen LogP contribution >= 0.6 is 11.6 Å². The van der Waals surface area contributed by atoms with E-state index in [9.17, 15) is 19.2 Å². The molecule has 0 heterocycles. The number of halogens is 1. The summed E-state index contributed by atoms with van der Waals surface area (Å²) in [7, 11) is 0. The van der Waals surface area contributed by atoms with Crippen molar-refractivity contribution < 1.29 is 28.7 Å². The monoisotopic (exact) mass is 571 g/mol. The number of unbranched alkanes of at least 4 members (excludes halogenated alkanes) is 9. The number of hydrogen-bond acceptors (Lipinski definition) is 6. The van der Waals surface area contributed by atoms with Crippen LogP contribution in [-0.2, 0) is 19.1 Å². The lowest BCUT2D eigenvalue weighted by atomic mass is 10.0. The molecule has 0 bridgehead atoms. The molecule has 0 aliphatic rings. The van der Waals surface area contributed by atoms with Crippen LogP contribution in [0.4, 0.5) is 5.69 Å². The van der Waals surface area contributed by atoms with E-state index in [0.29, 0.717) is 5.69 Å². The first-order valence-electron chi connectivity index (χ1n) is 14.3. The predicted octanol–water partition coefficient (Wildman–Crippen LogP) is 7.51. The van der Waals surface area contributed by atoms with Gasteiger partial charge in [-0.05, 0) is 37.6 Å². The van der Waals surface area contributed by atoms with Crippen molar-refractivity contribution in [2.24, 2.45) is 0 Å². The third kappa shape index (κ3) is 12.8. The highest BCUT2D eigenvalue weighted by Gasteiger charge is 2.30. The fraction of sp³-hybridized carbons (Fsp3) is 0.500. The zero-order valence-corrected chi connectivity index (χ0v) is 24.4. The molecule has 0 radical (unpaired) electrons. The Hall–Kier alpha value is -3.19. The Morgan fingerprint density at radius 3 is 2.02 bits per heavy atom. The van der Waals surface area contributed by atoms with Gasteiger partial charge in [0.15, 0.2) is 5.78 Å². The van der Waals surface area contributed by atoms with E-state index in [0.717, 1.165) is 19.3 Å². The standard InChI is InChI=1S/C32H42ClNO6/c1-3-4-5-6-7-8-9-10-11-15-21-39-32(38)30(24(2)33)40-31(37)26-18-16-17-25(22-26)28(35)23-29(36)34-27-19-13-12-14-20-27/h12-14,16-20,22,24,30H,3-11,15,21,23H2,1-2H3,(H,34,36). The van der Waals surface area contributed by atoms with Gasteiger partial charge in [0.25, 0.3) is 0 Å². The number of anilines is 1. The Kier molecular flexibility index (Phi) is 15.7. The average molecular weight is 572 g/mol. The van der Waals surface area contributed by atoms with Crippen molar-refractivity contribution in [3.8, 4) is 0 Å². The minimum Gasteiger partial charge on any atom is -0.463 e. The number of hydrogen-bond donors (Lipinski definition) is 1. The minimum atomic E-state index is -1.28. The van der Waals surface area contributed by atoms with E-state index in [2.05, 4.69) is 12.2 Å². The Labute approximate surface area is 243 Å². The molecule has 7 nitrogen and oxygen atoms in total. The first-order valence-corrected chi connectivity index (χ1v) is 14.7. The summed E-state index contributed by atoms with van der Waals surface area (Å²) >= 11 is 6.14. The van der Waals surface area contributed by atoms with E-state index in [1.54, 1.807) is 31.2 Å². The number of carbonyl (C=O) groups is 4. The molecule has 0 aliphatic carbocycles. The molecule has 0 aliphatic heterocycles. The zero-order valence-electron chi connectivity index (χ0n) is 23.7. The summed E-state index contributed by atoms with van der Waals surface area (Å²) in [5.41, 5.74) is 0.828. The first kappa shape index (κ1) is 33.0. The van der Waals surface area contributed by atoms with Crippen LogP contribution in [0.5, 0.6) is 0 Å². The summed E-state index contributed by atoms with van der Waals surface area (Å²) < 4.78 is 10.7. The predicted molar refractivity (Wildman–Crippen MR) is 158 cm³/mol. The number of ether oxygens (including phenoxy) is 2. The molecule has 8 heteroatoms. The molecule has 0 saturated carbocycles. The van der Waals surface area contributed by atoms with Crippen LogP contribution in [0.3, 0.4) is 0 Å². The topological polar surface area (TPSA) is 98.8 Å². The minimum absolute atomic E-state index is 0.0686. The largest absolute Gasteiger partial charge is 0.463 e. The van der Waals surface area contributed by atoms with Crippen LogP contribution in [-0.4, -0.2) is 41.7 Å². The Balaban J connectivity index is 1.78. The lowest BCUT2D eigenvalue weighted by molar-refractivity contribution is -0.154. The van der Waals surface area contributed by atoms with E-state index >= 15 is 0 Å². The van der Waals surface area contributed by atoms with Gasteiger partial charge in [-0.2, -0.15) is 0 Å². The highest BCUT2D eigenvalue weighted by atomic mass is 35.5. The van der Waals surface area contributed by atoms with Gasteiger partial charge in [-0.15, -0.1) is 11.6 Å². The molecule has 1 N–H and O–H groups in total. The van der Waals surface area contributed by atoms with Crippen molar-refractivity contribution in [3.63, 3.8) is 0 Å². The second-order valence-electron chi connectivity index (χ2n) is 9.95. The summed E-state index contributed by atoms with van der Waals surface area (Å²) in [6.07, 6.45) is 9.99. The van der Waals surface area contributed by atoms with Crippen LogP contribution in [0.25, 0.3) is 0 Å². The van der Waals surface area contributed by atoms with Gasteiger partial charge in [-0.1, -0.05) is 95.0 Å². The van der Waals surface area contributed by atoms with Crippen molar-refractivity contribution in [3.05, 3.63) is 65.7 Å². The highest BCUT2D eigenvalue weighted by molar-refractivity contribution is 6.22. The average Bonchev–Trinajstić information content (AvgIpc) is 2.94. The van der Waals surface area contributed by atoms with Crippen LogP contribution < -0.4 is 5.32 Å². The summed E-state index contributed by atoms with van der Waals surface area (Å²) in [5, 5.41) is 1.85. The van der Waals surface area contributed by atoms with Crippen LogP contribution in [0, 0.1) is 0 Å². The molecule has 2 unspecified atom stereocenters. The van der Waals surface area contributed by atoms with Gasteiger partial charge >= 0.3 is 11.9 Å². The Morgan fingerprint density at radius 2 is 1.40 bits per heavy atom. The molecule has 218 valence electrons. The van der Waals surface area contributed by atoms with Gasteiger partial charge in [-0.3, -0.25) is 9.59 Å². The quantitative estimate of drug-likeness (QED) is 0.0615. The van der Waals surface area contributed by atoms with Crippen LogP contribution in [0.15, 0.2) is 54.6 Å². The summed E-state index contributed by atoms with van der Waals surface area (Å²) in [4.78, 5) is 50.2. The number of esters is 2. The van der Waals surface area contributed by atoms with Crippen molar-refractivity contribution >= 4 is 40.9 Å². The summed E-state index contributed by atoms with van der Waals surface area (Å²) in [6, 6.07) is 14.6. The number of rotatable bonds is 19. The molecule has 2 aromatic rings. The molecular formula is C32H42ClNO6. The van der Waals surface area contributed by atoms with E-state index in [-0.39, 0.29) is 24.2 Å². The molecular weight excluding hydrogens is 530 g/mol. The van der Waals surface area contributed by atoms with Crippen molar-refractivity contribution in [2.75, 3.05) is 11.9 Å². The van der Waals surface area contributed by atoms with E-state index in [4.69, 9.17) is 21.1 Å². The number of amides is 1. The van der Waals surface area contributed by atoms with Crippen LogP contribution in [0.2, 0.25) is 0 Å². The van der Waals surface area contributed by atoms with Gasteiger partial charge in [0.1, 0.15) is 0 Å². The van der Waals surface area contributed by atoms with Crippen molar-refractivity contribution in [1.82, 2.24) is 0 Å². The van der Waals surface area contributed by atoms with Crippen molar-refractivity contribution in [1.29, 1.82) is 0 Å². The number of alkyl halides is 1. The molecule has 0 spiro atoms. The Bertz CT molecular complexity index is 1070.